The van der Waals surface area contributed by atoms with Crippen LogP contribution < -0.4 is 10.6 Å². The van der Waals surface area contributed by atoms with Gasteiger partial charge < -0.3 is 10.6 Å². The van der Waals surface area contributed by atoms with Gasteiger partial charge in [-0.3, -0.25) is 9.59 Å². The van der Waals surface area contributed by atoms with E-state index in [0.717, 1.165) is 11.1 Å². The highest BCUT2D eigenvalue weighted by atomic mass is 35.5. The van der Waals surface area contributed by atoms with E-state index in [1.54, 1.807) is 12.1 Å². The molecule has 2 unspecified atom stereocenters. The van der Waals surface area contributed by atoms with Crippen molar-refractivity contribution in [1.29, 1.82) is 0 Å². The van der Waals surface area contributed by atoms with E-state index in [1.807, 2.05) is 43.3 Å². The molecule has 1 fully saturated rings. The molecule has 1 aliphatic carbocycles. The van der Waals surface area contributed by atoms with Crippen LogP contribution in [-0.4, -0.2) is 11.8 Å². The van der Waals surface area contributed by atoms with Crippen LogP contribution in [0, 0.1) is 18.8 Å². The third-order valence-electron chi connectivity index (χ3n) is 4.23. The quantitative estimate of drug-likeness (QED) is 0.873. The monoisotopic (exact) mass is 342 g/mol. The van der Waals surface area contributed by atoms with E-state index in [-0.39, 0.29) is 23.7 Å². The van der Waals surface area contributed by atoms with Gasteiger partial charge in [-0.1, -0.05) is 48.0 Å². The molecule has 0 radical (unpaired) electrons. The first-order chi connectivity index (χ1) is 11.5. The van der Waals surface area contributed by atoms with E-state index in [0.29, 0.717) is 23.7 Å². The minimum atomic E-state index is -0.265. The molecule has 2 N–H and O–H groups in total. The Kier molecular flexibility index (Phi) is 4.86. The molecule has 3 rings (SSSR count). The molecule has 0 heterocycles. The van der Waals surface area contributed by atoms with Crippen molar-refractivity contribution in [2.75, 3.05) is 5.32 Å². The lowest BCUT2D eigenvalue weighted by atomic mass is 10.2. The van der Waals surface area contributed by atoms with E-state index in [1.165, 1.54) is 0 Å². The van der Waals surface area contributed by atoms with Gasteiger partial charge in [0.25, 0.3) is 0 Å². The van der Waals surface area contributed by atoms with Crippen molar-refractivity contribution < 1.29 is 9.59 Å². The summed E-state index contributed by atoms with van der Waals surface area (Å²) in [6.07, 6.45) is 0.589. The van der Waals surface area contributed by atoms with Gasteiger partial charge in [0.1, 0.15) is 0 Å². The number of benzene rings is 2. The van der Waals surface area contributed by atoms with Gasteiger partial charge in [-0.25, -0.2) is 0 Å². The fourth-order valence-corrected chi connectivity index (χ4v) is 2.82. The average Bonchev–Trinajstić information content (AvgIpc) is 3.38. The number of halogens is 1. The Balaban J connectivity index is 1.52. The second kappa shape index (κ2) is 7.05. The molecule has 0 aliphatic heterocycles. The van der Waals surface area contributed by atoms with Crippen LogP contribution in [0.3, 0.4) is 0 Å². The highest BCUT2D eigenvalue weighted by molar-refractivity contribution is 6.31. The van der Waals surface area contributed by atoms with E-state index in [9.17, 15) is 9.59 Å². The van der Waals surface area contributed by atoms with Gasteiger partial charge >= 0.3 is 0 Å². The van der Waals surface area contributed by atoms with Crippen molar-refractivity contribution in [2.24, 2.45) is 11.8 Å². The summed E-state index contributed by atoms with van der Waals surface area (Å²) in [5.74, 6) is -0.700. The number of hydrogen-bond donors (Lipinski definition) is 2. The minimum Gasteiger partial charge on any atom is -0.352 e. The Hall–Kier alpha value is -2.33. The smallest absolute Gasteiger partial charge is 0.228 e. The Morgan fingerprint density at radius 1 is 1.08 bits per heavy atom. The number of rotatable bonds is 5. The van der Waals surface area contributed by atoms with Gasteiger partial charge in [0, 0.05) is 17.3 Å². The number of hydrogen-bond acceptors (Lipinski definition) is 2. The van der Waals surface area contributed by atoms with E-state index in [4.69, 9.17) is 11.6 Å². The van der Waals surface area contributed by atoms with E-state index < -0.39 is 0 Å². The molecule has 5 heteroatoms. The predicted molar refractivity (Wildman–Crippen MR) is 94.7 cm³/mol. The van der Waals surface area contributed by atoms with Crippen molar-refractivity contribution in [3.8, 4) is 0 Å². The number of nitrogens with one attached hydrogen (secondary N) is 2. The second-order valence-electron chi connectivity index (χ2n) is 6.10. The SMILES string of the molecule is Cc1ccc(Cl)cc1NC(=O)C1CC1C(=O)NCc1ccccc1. The third kappa shape index (κ3) is 3.95. The largest absolute Gasteiger partial charge is 0.352 e. The molecule has 0 bridgehead atoms. The van der Waals surface area contributed by atoms with Crippen LogP contribution in [0.15, 0.2) is 48.5 Å². The Morgan fingerprint density at radius 3 is 2.54 bits per heavy atom. The molecule has 1 saturated carbocycles. The van der Waals surface area contributed by atoms with Gasteiger partial charge in [-0.2, -0.15) is 0 Å². The summed E-state index contributed by atoms with van der Waals surface area (Å²) in [5, 5.41) is 6.33. The molecule has 2 aromatic rings. The highest BCUT2D eigenvalue weighted by Crippen LogP contribution is 2.39. The third-order valence-corrected chi connectivity index (χ3v) is 4.47. The zero-order valence-corrected chi connectivity index (χ0v) is 14.1. The average molecular weight is 343 g/mol. The predicted octanol–water partition coefficient (Wildman–Crippen LogP) is 3.54. The molecule has 24 heavy (non-hydrogen) atoms. The number of aryl methyl sites for hydroxylation is 1. The zero-order chi connectivity index (χ0) is 17.1. The van der Waals surface area contributed by atoms with Crippen molar-refractivity contribution in [1.82, 2.24) is 5.32 Å². The molecule has 1 aliphatic rings. The summed E-state index contributed by atoms with van der Waals surface area (Å²) < 4.78 is 0. The molecule has 0 saturated heterocycles. The lowest BCUT2D eigenvalue weighted by molar-refractivity contribution is -0.125. The number of carbonyl (C=O) groups excluding carboxylic acids is 2. The molecule has 2 atom stereocenters. The van der Waals surface area contributed by atoms with Crippen molar-refractivity contribution in [3.63, 3.8) is 0 Å². The van der Waals surface area contributed by atoms with Crippen molar-refractivity contribution in [3.05, 3.63) is 64.7 Å². The molecular weight excluding hydrogens is 324 g/mol. The summed E-state index contributed by atoms with van der Waals surface area (Å²) in [5.41, 5.74) is 2.68. The van der Waals surface area contributed by atoms with Crippen LogP contribution in [-0.2, 0) is 16.1 Å². The molecule has 2 amide bonds. The molecule has 0 aromatic heterocycles. The fraction of sp³-hybridized carbons (Fsp3) is 0.263. The summed E-state index contributed by atoms with van der Waals surface area (Å²) in [6, 6.07) is 15.1. The Bertz CT molecular complexity index is 761. The molecule has 2 aromatic carbocycles. The van der Waals surface area contributed by atoms with Gasteiger partial charge in [-0.05, 0) is 36.6 Å². The summed E-state index contributed by atoms with van der Waals surface area (Å²) in [4.78, 5) is 24.4. The van der Waals surface area contributed by atoms with Crippen LogP contribution in [0.5, 0.6) is 0 Å². The Labute approximate surface area is 146 Å². The van der Waals surface area contributed by atoms with Crippen LogP contribution in [0.25, 0.3) is 0 Å². The van der Waals surface area contributed by atoms with Crippen LogP contribution in [0.1, 0.15) is 17.5 Å². The van der Waals surface area contributed by atoms with Crippen LogP contribution in [0.2, 0.25) is 5.02 Å². The van der Waals surface area contributed by atoms with Gasteiger partial charge in [0.15, 0.2) is 0 Å². The molecule has 0 spiro atoms. The standard InChI is InChI=1S/C19H19ClN2O2/c1-12-7-8-14(20)9-17(12)22-19(24)16-10-15(16)18(23)21-11-13-5-3-2-4-6-13/h2-9,15-16H,10-11H2,1H3,(H,21,23)(H,22,24). The highest BCUT2D eigenvalue weighted by Gasteiger charge is 2.47. The van der Waals surface area contributed by atoms with E-state index >= 15 is 0 Å². The first-order valence-corrected chi connectivity index (χ1v) is 8.31. The van der Waals surface area contributed by atoms with E-state index in [2.05, 4.69) is 10.6 Å². The normalized spacial score (nSPS) is 18.8. The number of carbonyl (C=O) groups is 2. The fourth-order valence-electron chi connectivity index (χ4n) is 2.64. The maximum absolute atomic E-state index is 12.3. The second-order valence-corrected chi connectivity index (χ2v) is 6.54. The molecular formula is C19H19ClN2O2. The number of anilines is 1. The molecule has 4 nitrogen and oxygen atoms in total. The van der Waals surface area contributed by atoms with Gasteiger partial charge in [-0.15, -0.1) is 0 Å². The Morgan fingerprint density at radius 2 is 1.79 bits per heavy atom. The lowest BCUT2D eigenvalue weighted by Gasteiger charge is -2.09. The topological polar surface area (TPSA) is 58.2 Å². The first kappa shape index (κ1) is 16.5. The lowest BCUT2D eigenvalue weighted by Crippen LogP contribution is -2.27. The maximum Gasteiger partial charge on any atom is 0.228 e. The van der Waals surface area contributed by atoms with Crippen molar-refractivity contribution >= 4 is 29.1 Å². The molecule has 124 valence electrons. The maximum atomic E-state index is 12.3. The summed E-state index contributed by atoms with van der Waals surface area (Å²) in [6.45, 7) is 2.39. The van der Waals surface area contributed by atoms with Crippen LogP contribution in [0.4, 0.5) is 5.69 Å². The number of amides is 2. The van der Waals surface area contributed by atoms with Crippen molar-refractivity contribution in [2.45, 2.75) is 19.9 Å². The summed E-state index contributed by atoms with van der Waals surface area (Å²) >= 11 is 5.96. The van der Waals surface area contributed by atoms with Gasteiger partial charge in [0.05, 0.1) is 11.8 Å². The summed E-state index contributed by atoms with van der Waals surface area (Å²) in [7, 11) is 0. The van der Waals surface area contributed by atoms with Gasteiger partial charge in [0.2, 0.25) is 11.8 Å². The zero-order valence-electron chi connectivity index (χ0n) is 13.4. The first-order valence-electron chi connectivity index (χ1n) is 7.93. The minimum absolute atomic E-state index is 0.0678. The van der Waals surface area contributed by atoms with Crippen LogP contribution >= 0.6 is 11.6 Å².